The van der Waals surface area contributed by atoms with Gasteiger partial charge in [-0.15, -0.1) is 0 Å². The first-order valence-corrected chi connectivity index (χ1v) is 9.73. The molecular weight excluding hydrogens is 422 g/mol. The number of para-hydroxylation sites is 2. The summed E-state index contributed by atoms with van der Waals surface area (Å²) < 4.78 is 17.0. The van der Waals surface area contributed by atoms with Crippen LogP contribution in [0.2, 0.25) is 0 Å². The molecular formula is C22H25NO9. The Morgan fingerprint density at radius 1 is 1.09 bits per heavy atom. The van der Waals surface area contributed by atoms with Crippen LogP contribution in [0.25, 0.3) is 0 Å². The van der Waals surface area contributed by atoms with Crippen LogP contribution in [0.4, 0.5) is 0 Å². The van der Waals surface area contributed by atoms with E-state index in [0.29, 0.717) is 31.0 Å². The van der Waals surface area contributed by atoms with Gasteiger partial charge in [0.1, 0.15) is 31.2 Å². The molecule has 0 aromatic heterocycles. The Morgan fingerprint density at radius 3 is 2.44 bits per heavy atom. The van der Waals surface area contributed by atoms with Crippen molar-refractivity contribution >= 4 is 17.7 Å². The summed E-state index contributed by atoms with van der Waals surface area (Å²) in [6.45, 7) is 3.04. The number of nitrogens with one attached hydrogen (secondary N) is 1. The molecule has 2 atom stereocenters. The minimum atomic E-state index is -1.82. The van der Waals surface area contributed by atoms with Crippen molar-refractivity contribution in [3.05, 3.63) is 54.1 Å². The molecule has 0 spiro atoms. The molecule has 0 radical (unpaired) electrons. The number of rotatable bonds is 8. The smallest absolute Gasteiger partial charge is 0.414 e. The van der Waals surface area contributed by atoms with E-state index in [-0.39, 0.29) is 18.5 Å². The van der Waals surface area contributed by atoms with Crippen molar-refractivity contribution in [1.29, 1.82) is 0 Å². The Bertz CT molecular complexity index is 919. The third-order valence-electron chi connectivity index (χ3n) is 4.19. The van der Waals surface area contributed by atoms with Crippen LogP contribution < -0.4 is 19.5 Å². The van der Waals surface area contributed by atoms with Gasteiger partial charge < -0.3 is 34.8 Å². The minimum Gasteiger partial charge on any atom is -0.491 e. The number of hydrogen-bond donors (Lipinski definition) is 4. The van der Waals surface area contributed by atoms with Crippen molar-refractivity contribution in [2.75, 3.05) is 26.3 Å². The summed E-state index contributed by atoms with van der Waals surface area (Å²) in [5, 5.41) is 28.0. The molecule has 32 heavy (non-hydrogen) atoms. The van der Waals surface area contributed by atoms with Crippen LogP contribution in [0.3, 0.4) is 0 Å². The van der Waals surface area contributed by atoms with Crippen LogP contribution in [0.5, 0.6) is 17.2 Å². The molecule has 1 aliphatic heterocycles. The zero-order chi connectivity index (χ0) is 23.5. The topological polar surface area (TPSA) is 152 Å². The first-order chi connectivity index (χ1) is 15.3. The molecule has 0 saturated heterocycles. The van der Waals surface area contributed by atoms with Crippen molar-refractivity contribution in [2.45, 2.75) is 19.1 Å². The molecule has 1 heterocycles. The van der Waals surface area contributed by atoms with Gasteiger partial charge in [0, 0.05) is 18.7 Å². The predicted molar refractivity (Wildman–Crippen MR) is 112 cm³/mol. The number of benzene rings is 2. The zero-order valence-electron chi connectivity index (χ0n) is 17.4. The van der Waals surface area contributed by atoms with Crippen LogP contribution in [-0.4, -0.2) is 71.6 Å². The third-order valence-corrected chi connectivity index (χ3v) is 4.19. The molecule has 0 fully saturated rings. The lowest BCUT2D eigenvalue weighted by atomic mass is 10.1. The van der Waals surface area contributed by atoms with E-state index in [1.54, 1.807) is 24.3 Å². The van der Waals surface area contributed by atoms with Gasteiger partial charge in [-0.3, -0.25) is 4.79 Å². The largest absolute Gasteiger partial charge is 0.491 e. The molecule has 0 bridgehead atoms. The standard InChI is InChI=1S/C20H23NO5.C2H2O4/c1-14(22)15-5-4-6-17(9-15)24-12-16(23)10-21-11-18-13-25-19-7-2-3-8-20(19)26-18;3-1(4)2(5)6/h2-9,16,18,21,23H,10-13H2,1H3;(H,3,4)(H,5,6). The Labute approximate surface area is 184 Å². The molecule has 0 aliphatic carbocycles. The maximum absolute atomic E-state index is 11.4. The van der Waals surface area contributed by atoms with E-state index in [4.69, 9.17) is 34.0 Å². The lowest BCUT2D eigenvalue weighted by Crippen LogP contribution is -2.41. The van der Waals surface area contributed by atoms with E-state index in [1.807, 2.05) is 24.3 Å². The van der Waals surface area contributed by atoms with Crippen molar-refractivity contribution in [2.24, 2.45) is 0 Å². The number of ketones is 1. The normalized spacial score (nSPS) is 15.0. The number of carboxylic acid groups (broad SMARTS) is 2. The highest BCUT2D eigenvalue weighted by atomic mass is 16.6. The zero-order valence-corrected chi connectivity index (χ0v) is 17.4. The third kappa shape index (κ3) is 8.25. The summed E-state index contributed by atoms with van der Waals surface area (Å²) in [6.07, 6.45) is -0.780. The van der Waals surface area contributed by atoms with Crippen LogP contribution in [0.15, 0.2) is 48.5 Å². The average Bonchev–Trinajstić information content (AvgIpc) is 2.78. The second-order valence-corrected chi connectivity index (χ2v) is 6.81. The van der Waals surface area contributed by atoms with Crippen molar-refractivity contribution in [1.82, 2.24) is 5.32 Å². The van der Waals surface area contributed by atoms with Gasteiger partial charge in [0.25, 0.3) is 0 Å². The van der Waals surface area contributed by atoms with E-state index in [2.05, 4.69) is 5.32 Å². The molecule has 4 N–H and O–H groups in total. The molecule has 2 unspecified atom stereocenters. The van der Waals surface area contributed by atoms with E-state index < -0.39 is 18.0 Å². The molecule has 0 saturated carbocycles. The van der Waals surface area contributed by atoms with Gasteiger partial charge in [0.05, 0.1) is 0 Å². The molecule has 10 heteroatoms. The fourth-order valence-corrected chi connectivity index (χ4v) is 2.63. The molecule has 10 nitrogen and oxygen atoms in total. The number of carboxylic acids is 2. The fourth-order valence-electron chi connectivity index (χ4n) is 2.63. The van der Waals surface area contributed by atoms with Gasteiger partial charge in [0.15, 0.2) is 17.3 Å². The van der Waals surface area contributed by atoms with E-state index in [9.17, 15) is 9.90 Å². The molecule has 1 aliphatic rings. The van der Waals surface area contributed by atoms with Crippen molar-refractivity contribution in [3.8, 4) is 17.2 Å². The Hall–Kier alpha value is -3.63. The highest BCUT2D eigenvalue weighted by Gasteiger charge is 2.20. The number of aliphatic hydroxyl groups excluding tert-OH is 1. The van der Waals surface area contributed by atoms with Crippen LogP contribution >= 0.6 is 0 Å². The summed E-state index contributed by atoms with van der Waals surface area (Å²) in [5.41, 5.74) is 0.588. The Balaban J connectivity index is 0.000000534. The van der Waals surface area contributed by atoms with Crippen LogP contribution in [0, 0.1) is 0 Å². The number of ether oxygens (including phenoxy) is 3. The van der Waals surface area contributed by atoms with E-state index in [0.717, 1.165) is 11.5 Å². The van der Waals surface area contributed by atoms with Gasteiger partial charge in [-0.05, 0) is 31.2 Å². The quantitative estimate of drug-likeness (QED) is 0.343. The number of aliphatic carboxylic acids is 2. The monoisotopic (exact) mass is 447 g/mol. The van der Waals surface area contributed by atoms with Crippen LogP contribution in [-0.2, 0) is 9.59 Å². The fraction of sp³-hybridized carbons (Fsp3) is 0.318. The summed E-state index contributed by atoms with van der Waals surface area (Å²) in [4.78, 5) is 29.6. The summed E-state index contributed by atoms with van der Waals surface area (Å²) >= 11 is 0. The van der Waals surface area contributed by atoms with E-state index >= 15 is 0 Å². The molecule has 2 aromatic carbocycles. The van der Waals surface area contributed by atoms with E-state index in [1.165, 1.54) is 6.92 Å². The van der Waals surface area contributed by atoms with Crippen molar-refractivity contribution in [3.63, 3.8) is 0 Å². The number of fused-ring (bicyclic) bond motifs is 1. The highest BCUT2D eigenvalue weighted by Crippen LogP contribution is 2.30. The Morgan fingerprint density at radius 2 is 1.78 bits per heavy atom. The maximum Gasteiger partial charge on any atom is 0.414 e. The van der Waals surface area contributed by atoms with Gasteiger partial charge in [-0.25, -0.2) is 9.59 Å². The first kappa shape index (κ1) is 24.6. The number of aliphatic hydroxyl groups is 1. The second kappa shape index (κ2) is 12.3. The summed E-state index contributed by atoms with van der Waals surface area (Å²) in [7, 11) is 0. The number of hydrogen-bond acceptors (Lipinski definition) is 8. The van der Waals surface area contributed by atoms with Crippen molar-refractivity contribution < 1.29 is 43.9 Å². The summed E-state index contributed by atoms with van der Waals surface area (Å²) in [6, 6.07) is 14.5. The predicted octanol–water partition coefficient (Wildman–Crippen LogP) is 1.21. The summed E-state index contributed by atoms with van der Waals surface area (Å²) in [5.74, 6) is -1.61. The molecule has 2 aromatic rings. The number of carbonyl (C=O) groups excluding carboxylic acids is 1. The van der Waals surface area contributed by atoms with Crippen LogP contribution in [0.1, 0.15) is 17.3 Å². The number of carbonyl (C=O) groups is 3. The number of Topliss-reactive ketones (excluding diaryl/α,β-unsaturated/α-hetero) is 1. The first-order valence-electron chi connectivity index (χ1n) is 9.73. The lowest BCUT2D eigenvalue weighted by Gasteiger charge is -2.27. The van der Waals surface area contributed by atoms with Gasteiger partial charge in [-0.2, -0.15) is 0 Å². The van der Waals surface area contributed by atoms with Gasteiger partial charge in [-0.1, -0.05) is 24.3 Å². The SMILES string of the molecule is CC(=O)c1cccc(OCC(O)CNCC2COc3ccccc3O2)c1.O=C(O)C(=O)O. The molecule has 172 valence electrons. The Kier molecular flexibility index (Phi) is 9.45. The lowest BCUT2D eigenvalue weighted by molar-refractivity contribution is -0.159. The van der Waals surface area contributed by atoms with Gasteiger partial charge in [0.2, 0.25) is 0 Å². The minimum absolute atomic E-state index is 0.0195. The average molecular weight is 447 g/mol. The molecule has 3 rings (SSSR count). The highest BCUT2D eigenvalue weighted by molar-refractivity contribution is 6.27. The maximum atomic E-state index is 11.4. The van der Waals surface area contributed by atoms with Gasteiger partial charge >= 0.3 is 11.9 Å². The second-order valence-electron chi connectivity index (χ2n) is 6.81. The molecule has 0 amide bonds.